The Morgan fingerprint density at radius 2 is 2.12 bits per heavy atom. The number of aliphatic hydroxyl groups is 2. The third-order valence-corrected chi connectivity index (χ3v) is 4.20. The minimum Gasteiger partial charge on any atom is -0.388 e. The van der Waals surface area contributed by atoms with Gasteiger partial charge in [-0.1, -0.05) is 6.92 Å². The Balaban J connectivity index is 2.11. The molecule has 2 aromatic rings. The lowest BCUT2D eigenvalue weighted by atomic mass is 10.1. The number of nitrogens with zero attached hydrogens (tertiary/aromatic N) is 6. The smallest absolute Gasteiger partial charge is 0.282 e. The van der Waals surface area contributed by atoms with Crippen molar-refractivity contribution in [1.82, 2.24) is 24.0 Å². The van der Waals surface area contributed by atoms with Gasteiger partial charge in [0, 0.05) is 21.1 Å². The van der Waals surface area contributed by atoms with E-state index in [4.69, 9.17) is 4.74 Å². The van der Waals surface area contributed by atoms with E-state index in [1.54, 1.807) is 26.0 Å². The summed E-state index contributed by atoms with van der Waals surface area (Å²) in [5.41, 5.74) is 0.0493. The number of aliphatic hydroxyl groups excluding tert-OH is 2. The summed E-state index contributed by atoms with van der Waals surface area (Å²) in [4.78, 5) is 26.9. The molecule has 0 spiro atoms. The van der Waals surface area contributed by atoms with Crippen molar-refractivity contribution in [3.8, 4) is 0 Å². The molecule has 10 heteroatoms. The van der Waals surface area contributed by atoms with Crippen LogP contribution in [0.1, 0.15) is 19.6 Å². The monoisotopic (exact) mass is 350 g/mol. The van der Waals surface area contributed by atoms with Crippen LogP contribution in [-0.4, -0.2) is 73.0 Å². The lowest BCUT2D eigenvalue weighted by Crippen LogP contribution is -2.31. The Hall–Kier alpha value is -2.30. The Bertz CT molecular complexity index is 858. The molecule has 1 unspecified atom stereocenters. The molecule has 2 N–H and O–H groups in total. The normalized spacial score (nSPS) is 26.8. The summed E-state index contributed by atoms with van der Waals surface area (Å²) in [7, 11) is 5.17. The van der Waals surface area contributed by atoms with Crippen molar-refractivity contribution < 1.29 is 14.9 Å². The van der Waals surface area contributed by atoms with E-state index in [-0.39, 0.29) is 22.7 Å². The lowest BCUT2D eigenvalue weighted by molar-refractivity contribution is -0.0355. The topological polar surface area (TPSA) is 118 Å². The Morgan fingerprint density at radius 1 is 1.40 bits per heavy atom. The molecule has 3 rings (SSSR count). The van der Waals surface area contributed by atoms with E-state index in [1.165, 1.54) is 21.8 Å². The van der Waals surface area contributed by atoms with Crippen LogP contribution < -0.4 is 5.56 Å². The Morgan fingerprint density at radius 3 is 2.72 bits per heavy atom. The fourth-order valence-electron chi connectivity index (χ4n) is 2.80. The van der Waals surface area contributed by atoms with Crippen LogP contribution in [0.5, 0.6) is 0 Å². The van der Waals surface area contributed by atoms with Crippen LogP contribution in [0.25, 0.3) is 11.2 Å². The van der Waals surface area contributed by atoms with Crippen molar-refractivity contribution in [2.75, 3.05) is 14.1 Å². The van der Waals surface area contributed by atoms with E-state index < -0.39 is 24.5 Å². The number of hydrogen-bond donors (Lipinski definition) is 2. The second-order valence-electron chi connectivity index (χ2n) is 6.26. The van der Waals surface area contributed by atoms with Crippen LogP contribution in [0.4, 0.5) is 5.95 Å². The van der Waals surface area contributed by atoms with Crippen molar-refractivity contribution in [3.63, 3.8) is 0 Å². The largest absolute Gasteiger partial charge is 0.388 e. The molecule has 1 aliphatic heterocycles. The molecular formula is C15H22N6O4. The molecule has 10 nitrogen and oxygen atoms in total. The van der Waals surface area contributed by atoms with Gasteiger partial charge in [0.05, 0.1) is 18.8 Å². The van der Waals surface area contributed by atoms with E-state index in [1.807, 2.05) is 6.92 Å². The van der Waals surface area contributed by atoms with Gasteiger partial charge in [0.25, 0.3) is 5.56 Å². The van der Waals surface area contributed by atoms with Crippen LogP contribution in [-0.2, 0) is 11.8 Å². The maximum atomic E-state index is 12.5. The van der Waals surface area contributed by atoms with Crippen molar-refractivity contribution in [2.45, 2.75) is 37.9 Å². The summed E-state index contributed by atoms with van der Waals surface area (Å²) in [6, 6.07) is 0. The third kappa shape index (κ3) is 2.92. The first kappa shape index (κ1) is 17.5. The number of aliphatic imine (C=N–C) groups is 1. The van der Waals surface area contributed by atoms with Gasteiger partial charge in [-0.2, -0.15) is 4.98 Å². The highest BCUT2D eigenvalue weighted by Gasteiger charge is 2.43. The lowest BCUT2D eigenvalue weighted by Gasteiger charge is -2.16. The molecule has 4 atom stereocenters. The molecule has 0 aromatic carbocycles. The zero-order chi connectivity index (χ0) is 18.3. The quantitative estimate of drug-likeness (QED) is 0.557. The molecule has 0 bridgehead atoms. The van der Waals surface area contributed by atoms with Crippen LogP contribution in [0.15, 0.2) is 16.1 Å². The minimum atomic E-state index is -1.14. The average Bonchev–Trinajstić information content (AvgIpc) is 3.11. The number of hydrogen-bond acceptors (Lipinski definition) is 7. The standard InChI is InChI=1S/C15H22N6O4/c1-5-8-10(22)11(23)14(25-8)21-7-16-9-12(21)18-15(17-6-19(2)3)20(4)13(9)24/h6-8,10-11,14,22-23H,5H2,1-4H3/t8-,10+,11?,14-/m1/s1. The number of ether oxygens (including phenoxy) is 1. The molecule has 25 heavy (non-hydrogen) atoms. The molecule has 0 amide bonds. The van der Waals surface area contributed by atoms with E-state index >= 15 is 0 Å². The maximum absolute atomic E-state index is 12.5. The maximum Gasteiger partial charge on any atom is 0.282 e. The van der Waals surface area contributed by atoms with Crippen molar-refractivity contribution in [1.29, 1.82) is 0 Å². The van der Waals surface area contributed by atoms with Gasteiger partial charge in [0.2, 0.25) is 5.95 Å². The predicted octanol–water partition coefficient (Wildman–Crippen LogP) is -0.619. The first-order chi connectivity index (χ1) is 11.8. The highest BCUT2D eigenvalue weighted by Crippen LogP contribution is 2.32. The summed E-state index contributed by atoms with van der Waals surface area (Å²) in [5, 5.41) is 20.4. The molecule has 0 saturated carbocycles. The van der Waals surface area contributed by atoms with Gasteiger partial charge in [-0.05, 0) is 6.42 Å². The van der Waals surface area contributed by atoms with E-state index in [2.05, 4.69) is 15.0 Å². The minimum absolute atomic E-state index is 0.150. The first-order valence-electron chi connectivity index (χ1n) is 8.01. The van der Waals surface area contributed by atoms with Crippen LogP contribution >= 0.6 is 0 Å². The molecule has 3 heterocycles. The summed E-state index contributed by atoms with van der Waals surface area (Å²) < 4.78 is 8.49. The second kappa shape index (κ2) is 6.54. The number of fused-ring (bicyclic) bond motifs is 1. The van der Waals surface area contributed by atoms with Crippen molar-refractivity contribution in [3.05, 3.63) is 16.7 Å². The average molecular weight is 350 g/mol. The highest BCUT2D eigenvalue weighted by molar-refractivity contribution is 5.71. The molecule has 0 radical (unpaired) electrons. The van der Waals surface area contributed by atoms with Crippen LogP contribution in [0, 0.1) is 0 Å². The zero-order valence-electron chi connectivity index (χ0n) is 14.6. The van der Waals surface area contributed by atoms with Gasteiger partial charge in [0.15, 0.2) is 17.4 Å². The molecule has 136 valence electrons. The molecule has 1 saturated heterocycles. The Kier molecular flexibility index (Phi) is 4.58. The van der Waals surface area contributed by atoms with E-state index in [0.29, 0.717) is 6.42 Å². The van der Waals surface area contributed by atoms with Gasteiger partial charge in [-0.25, -0.2) is 9.98 Å². The van der Waals surface area contributed by atoms with Gasteiger partial charge in [-0.3, -0.25) is 13.9 Å². The van der Waals surface area contributed by atoms with Gasteiger partial charge < -0.3 is 19.8 Å². The summed E-state index contributed by atoms with van der Waals surface area (Å²) in [6.45, 7) is 1.86. The third-order valence-electron chi connectivity index (χ3n) is 4.20. The number of aromatic nitrogens is 4. The predicted molar refractivity (Wildman–Crippen MR) is 90.8 cm³/mol. The molecular weight excluding hydrogens is 328 g/mol. The molecule has 0 aliphatic carbocycles. The first-order valence-corrected chi connectivity index (χ1v) is 8.01. The van der Waals surface area contributed by atoms with Crippen LogP contribution in [0.3, 0.4) is 0 Å². The molecule has 1 aliphatic rings. The summed E-state index contributed by atoms with van der Waals surface area (Å²) >= 11 is 0. The molecule has 2 aromatic heterocycles. The van der Waals surface area contributed by atoms with Crippen molar-refractivity contribution >= 4 is 23.5 Å². The zero-order valence-corrected chi connectivity index (χ0v) is 14.6. The van der Waals surface area contributed by atoms with E-state index in [9.17, 15) is 15.0 Å². The Labute approximate surface area is 144 Å². The highest BCUT2D eigenvalue weighted by atomic mass is 16.6. The number of rotatable bonds is 4. The summed E-state index contributed by atoms with van der Waals surface area (Å²) in [5.74, 6) is 0.202. The van der Waals surface area contributed by atoms with E-state index in [0.717, 1.165) is 0 Å². The summed E-state index contributed by atoms with van der Waals surface area (Å²) in [6.07, 6.45) is -0.0318. The fraction of sp³-hybridized carbons (Fsp3) is 0.600. The van der Waals surface area contributed by atoms with Gasteiger partial charge in [-0.15, -0.1) is 0 Å². The fourth-order valence-corrected chi connectivity index (χ4v) is 2.80. The molecule has 1 fully saturated rings. The SMILES string of the molecule is CC[C@H]1O[C@@H](n2cnc3c(=O)n(C)c(N=CN(C)C)nc32)C(O)[C@H]1O. The van der Waals surface area contributed by atoms with Crippen LogP contribution in [0.2, 0.25) is 0 Å². The van der Waals surface area contributed by atoms with Crippen molar-refractivity contribution in [2.24, 2.45) is 12.0 Å². The van der Waals surface area contributed by atoms with Gasteiger partial charge >= 0.3 is 0 Å². The van der Waals surface area contributed by atoms with Gasteiger partial charge in [0.1, 0.15) is 12.2 Å². The second-order valence-corrected chi connectivity index (χ2v) is 6.26. The number of imidazole rings is 1.